The lowest BCUT2D eigenvalue weighted by Crippen LogP contribution is -2.43. The molecule has 0 amide bonds. The normalized spacial score (nSPS) is 25.5. The SMILES string of the molecule is CC(C)(C)C.CC1CCC2(CC1)CC(C)(C)CC(C)(C)C2.CC1CCC2(CC1)CCC(C)(C)CC2.CC1CCC2(CCCC2)CC1.CC[C@H](C)CC(F)(F)F.CC[C@H](C)CC(F)(F)F.[2H]C(C)(C)C.[2H]C([2H])(C)C(C)(C)C.[2H]C([2H])(C)C(C)C.[2H]C1(C)CCCC1.[2H]C1(C)CCCCC1. The van der Waals surface area contributed by atoms with Gasteiger partial charge in [-0.1, -0.05) is 336 Å². The van der Waals surface area contributed by atoms with Crippen LogP contribution in [0, 0.1) is 96.5 Å². The molecule has 0 heterocycles. The third-order valence-electron chi connectivity index (χ3n) is 21.0. The summed E-state index contributed by atoms with van der Waals surface area (Å²) in [5.74, 6) is 2.32. The number of hydrogen-bond donors (Lipinski definition) is 0. The van der Waals surface area contributed by atoms with Crippen LogP contribution in [0.3, 0.4) is 0 Å². The minimum Gasteiger partial charge on any atom is -0.171 e. The van der Waals surface area contributed by atoms with Crippen molar-refractivity contribution in [3.8, 4) is 0 Å². The van der Waals surface area contributed by atoms with Crippen molar-refractivity contribution >= 4 is 0 Å². The third kappa shape index (κ3) is 57.5. The van der Waals surface area contributed by atoms with Crippen LogP contribution in [0.4, 0.5) is 26.3 Å². The average Bonchev–Trinajstić information content (AvgIpc) is 1.49. The van der Waals surface area contributed by atoms with E-state index in [1.165, 1.54) is 154 Å². The number of alkyl halides is 6. The summed E-state index contributed by atoms with van der Waals surface area (Å²) in [4.78, 5) is 0. The van der Waals surface area contributed by atoms with Crippen molar-refractivity contribution in [1.29, 1.82) is 0 Å². The molecule has 8 fully saturated rings. The van der Waals surface area contributed by atoms with Gasteiger partial charge in [-0.25, -0.2) is 0 Å². The number of hydrogen-bond acceptors (Lipinski definition) is 0. The monoisotopic (exact) mass is 1330 g/mol. The van der Waals surface area contributed by atoms with Crippen LogP contribution in [0.15, 0.2) is 0 Å². The van der Waals surface area contributed by atoms with Gasteiger partial charge in [-0.2, -0.15) is 26.3 Å². The van der Waals surface area contributed by atoms with E-state index < -0.39 is 37.9 Å². The summed E-state index contributed by atoms with van der Waals surface area (Å²) in [5, 5.41) is 0. The fraction of sp³-hybridized carbons (Fsp3) is 1.00. The molecule has 0 aromatic rings. The second-order valence-corrected chi connectivity index (χ2v) is 38.1. The molecule has 0 bridgehead atoms. The Hall–Kier alpha value is -0.420. The van der Waals surface area contributed by atoms with E-state index in [0.29, 0.717) is 39.9 Å². The number of rotatable bonds is 5. The molecule has 0 aromatic carbocycles. The molecule has 0 unspecified atom stereocenters. The zero-order chi connectivity index (χ0) is 78.4. The Morgan fingerprint density at radius 2 is 0.641 bits per heavy atom. The van der Waals surface area contributed by atoms with Crippen molar-refractivity contribution in [2.45, 2.75) is 457 Å². The predicted molar refractivity (Wildman–Crippen MR) is 403 cm³/mol. The smallest absolute Gasteiger partial charge is 0.171 e. The summed E-state index contributed by atoms with van der Waals surface area (Å²) in [7, 11) is 0. The van der Waals surface area contributed by atoms with E-state index in [4.69, 9.17) is 9.60 Å². The molecule has 92 heavy (non-hydrogen) atoms. The van der Waals surface area contributed by atoms with Crippen molar-refractivity contribution in [3.05, 3.63) is 0 Å². The van der Waals surface area contributed by atoms with Crippen LogP contribution in [0.5, 0.6) is 0 Å². The maximum absolute atomic E-state index is 11.5. The molecule has 8 aliphatic rings. The van der Waals surface area contributed by atoms with Gasteiger partial charge >= 0.3 is 12.4 Å². The van der Waals surface area contributed by atoms with Crippen LogP contribution < -0.4 is 0 Å². The Bertz CT molecular complexity index is 1900. The maximum Gasteiger partial charge on any atom is 0.389 e. The van der Waals surface area contributed by atoms with Crippen LogP contribution in [0.25, 0.3) is 0 Å². The van der Waals surface area contributed by atoms with E-state index in [0.717, 1.165) is 54.3 Å². The first-order valence-corrected chi connectivity index (χ1v) is 38.7. The number of halogens is 6. The van der Waals surface area contributed by atoms with Gasteiger partial charge in [-0.15, -0.1) is 0 Å². The molecule has 0 N–H and O–H groups in total. The molecule has 0 saturated heterocycles. The molecule has 0 aromatic heterocycles. The Labute approximate surface area is 587 Å². The highest BCUT2D eigenvalue weighted by Gasteiger charge is 2.48. The van der Waals surface area contributed by atoms with Crippen LogP contribution in [0.2, 0.25) is 0 Å². The fourth-order valence-corrected chi connectivity index (χ4v) is 14.8. The molecule has 558 valence electrons. The second-order valence-electron chi connectivity index (χ2n) is 38.1. The average molecular weight is 1330 g/mol. The predicted octanol–water partition coefficient (Wildman–Crippen LogP) is 32.9. The Morgan fingerprint density at radius 3 is 0.848 bits per heavy atom. The van der Waals surface area contributed by atoms with E-state index in [2.05, 4.69) is 90.0 Å². The highest BCUT2D eigenvalue weighted by molar-refractivity contribution is 4.99. The molecule has 8 aliphatic carbocycles. The molecule has 2 atom stereocenters. The molecule has 8 saturated carbocycles. The lowest BCUT2D eigenvalue weighted by molar-refractivity contribution is -0.144. The highest BCUT2D eigenvalue weighted by atomic mass is 19.4. The lowest BCUT2D eigenvalue weighted by atomic mass is 9.51. The van der Waals surface area contributed by atoms with Crippen LogP contribution in [-0.4, -0.2) is 12.4 Å². The van der Waals surface area contributed by atoms with Crippen LogP contribution in [-0.2, 0) is 0 Å². The minimum atomic E-state index is -3.98. The van der Waals surface area contributed by atoms with Gasteiger partial charge in [-0.05, 0) is 193 Å². The molecular formula is C86H172F6. The summed E-state index contributed by atoms with van der Waals surface area (Å²) in [6.07, 6.45) is 35.5. The largest absolute Gasteiger partial charge is 0.389 e. The van der Waals surface area contributed by atoms with Gasteiger partial charge in [0, 0.05) is 22.4 Å². The Balaban J connectivity index is -0.00000104. The molecule has 0 radical (unpaired) electrons. The standard InChI is InChI=1S/C16H30.C14H26.C11H20.C7H14.2C6H11F3.C6H12.C6H14.2C5H12.C4H10/c1-13-6-8-16(9-7-13)11-14(2,3)10-15(4,5)12-16;1-12-4-6-14(7-5-12)10-8-13(2,3)9-11-14;1-10-4-8-11(9-5-10)6-2-3-7-11;1-7-5-3-2-4-6-7;2*1-3-5(2)4-6(7,8)9;1-6-4-2-3-5-6;1-5-6(2,3)4;1-5(2,3)4;1-4-5(2)3;1-4(2)3/h13H,6-12H2,1-5H3;12H,4-11H2,1-3H3;10H,2-9H2,1H3;7H,2-6H2,1H3;2*5H,3-4H2,1-2H3;6H,2-5H2,1H3;5H2,1-4H3;1-4H3;5H,4H2,1-3H3;4H,1-3H3/t;;;;2*5-;;;;;/m....00...../s1/i;;;7D;;;6D;5D2;;4D2;4D. The van der Waals surface area contributed by atoms with Crippen molar-refractivity contribution in [3.63, 3.8) is 0 Å². The van der Waals surface area contributed by atoms with Gasteiger partial charge in [0.1, 0.15) is 0 Å². The molecule has 6 heteroatoms. The molecule has 0 nitrogen and oxygen atoms in total. The van der Waals surface area contributed by atoms with Crippen molar-refractivity contribution in [1.82, 2.24) is 0 Å². The second kappa shape index (κ2) is 46.8. The van der Waals surface area contributed by atoms with Crippen molar-refractivity contribution < 1.29 is 35.9 Å². The van der Waals surface area contributed by atoms with Crippen LogP contribution >= 0.6 is 0 Å². The van der Waals surface area contributed by atoms with E-state index in [1.807, 2.05) is 69.2 Å². The van der Waals surface area contributed by atoms with Gasteiger partial charge in [0.05, 0.1) is 0 Å². The molecule has 3 spiro atoms. The first-order valence-electron chi connectivity index (χ1n) is 42.2. The van der Waals surface area contributed by atoms with E-state index >= 15 is 0 Å². The van der Waals surface area contributed by atoms with E-state index in [-0.39, 0.29) is 40.9 Å². The van der Waals surface area contributed by atoms with Crippen LogP contribution in [0.1, 0.15) is 454 Å². The zero-order valence-electron chi connectivity index (χ0n) is 74.7. The molecule has 8 rings (SSSR count). The van der Waals surface area contributed by atoms with Gasteiger partial charge in [-0.3, -0.25) is 0 Å². The van der Waals surface area contributed by atoms with E-state index in [9.17, 15) is 26.3 Å². The maximum atomic E-state index is 11.5. The van der Waals surface area contributed by atoms with Gasteiger partial charge in [0.2, 0.25) is 0 Å². The topological polar surface area (TPSA) is 0 Å². The minimum absolute atomic E-state index is 0.0556. The molecular weight excluding hydrogens is 1150 g/mol. The van der Waals surface area contributed by atoms with Gasteiger partial charge in [0.15, 0.2) is 0 Å². The first kappa shape index (κ1) is 82.2. The fourth-order valence-electron chi connectivity index (χ4n) is 14.8. The third-order valence-corrected chi connectivity index (χ3v) is 21.0. The lowest BCUT2D eigenvalue weighted by Gasteiger charge is -2.54. The Morgan fingerprint density at radius 1 is 0.391 bits per heavy atom. The van der Waals surface area contributed by atoms with E-state index in [1.54, 1.807) is 67.2 Å². The quantitative estimate of drug-likeness (QED) is 0.241. The summed E-state index contributed by atoms with van der Waals surface area (Å²) in [5.41, 5.74) is 4.41. The summed E-state index contributed by atoms with van der Waals surface area (Å²) in [6, 6.07) is 0. The van der Waals surface area contributed by atoms with Gasteiger partial charge in [0.25, 0.3) is 0 Å². The zero-order valence-corrected chi connectivity index (χ0v) is 67.7. The van der Waals surface area contributed by atoms with Crippen molar-refractivity contribution in [2.24, 2.45) is 96.5 Å². The summed E-state index contributed by atoms with van der Waals surface area (Å²) in [6.45, 7) is 59.9. The Kier molecular flexibility index (Phi) is 41.9. The van der Waals surface area contributed by atoms with Gasteiger partial charge < -0.3 is 0 Å². The summed E-state index contributed by atoms with van der Waals surface area (Å²) >= 11 is 0. The summed E-state index contributed by atoms with van der Waals surface area (Å²) < 4.78 is 120. The highest BCUT2D eigenvalue weighted by Crippen LogP contribution is 2.60. The molecule has 0 aliphatic heterocycles. The first-order chi connectivity index (χ1) is 44.1. The van der Waals surface area contributed by atoms with Crippen molar-refractivity contribution in [2.75, 3.05) is 0 Å².